The van der Waals surface area contributed by atoms with Crippen molar-refractivity contribution in [2.45, 2.75) is 25.4 Å². The summed E-state index contributed by atoms with van der Waals surface area (Å²) < 4.78 is 0. The molecule has 4 heteroatoms. The van der Waals surface area contributed by atoms with Crippen molar-refractivity contribution in [1.29, 1.82) is 0 Å². The summed E-state index contributed by atoms with van der Waals surface area (Å²) in [4.78, 5) is 16.1. The summed E-state index contributed by atoms with van der Waals surface area (Å²) in [7, 11) is 0. The lowest BCUT2D eigenvalue weighted by molar-refractivity contribution is -0.130. The number of hydrogen-bond acceptors (Lipinski definition) is 3. The van der Waals surface area contributed by atoms with Gasteiger partial charge in [0, 0.05) is 44.2 Å². The second kappa shape index (κ2) is 6.30. The third kappa shape index (κ3) is 3.10. The van der Waals surface area contributed by atoms with Crippen molar-refractivity contribution in [1.82, 2.24) is 9.80 Å². The van der Waals surface area contributed by atoms with Gasteiger partial charge in [0.15, 0.2) is 0 Å². The van der Waals surface area contributed by atoms with Crippen LogP contribution in [0.25, 0.3) is 0 Å². The van der Waals surface area contributed by atoms with Gasteiger partial charge in [-0.1, -0.05) is 30.0 Å². The highest BCUT2D eigenvalue weighted by Crippen LogP contribution is 2.24. The minimum atomic E-state index is -0.114. The number of piperazine rings is 1. The normalized spacial score (nSPS) is 21.9. The average molecular weight is 284 g/mol. The first-order chi connectivity index (χ1) is 10.3. The quantitative estimate of drug-likeness (QED) is 0.818. The Labute approximate surface area is 125 Å². The summed E-state index contributed by atoms with van der Waals surface area (Å²) in [6.07, 6.45) is 1.69. The Balaban J connectivity index is 1.69. The fourth-order valence-corrected chi connectivity index (χ4v) is 3.23. The zero-order valence-electron chi connectivity index (χ0n) is 12.1. The van der Waals surface area contributed by atoms with Crippen molar-refractivity contribution in [2.24, 2.45) is 0 Å². The van der Waals surface area contributed by atoms with Crippen LogP contribution in [0.15, 0.2) is 24.3 Å². The second-order valence-electron chi connectivity index (χ2n) is 5.63. The number of aliphatic hydroxyl groups is 1. The summed E-state index contributed by atoms with van der Waals surface area (Å²) in [5, 5.41) is 8.85. The molecule has 2 heterocycles. The van der Waals surface area contributed by atoms with Gasteiger partial charge in [-0.2, -0.15) is 0 Å². The molecule has 3 rings (SSSR count). The predicted molar refractivity (Wildman–Crippen MR) is 80.4 cm³/mol. The lowest BCUT2D eigenvalue weighted by atomic mass is 10.1. The molecule has 1 amide bonds. The molecule has 4 nitrogen and oxygen atoms in total. The first-order valence-electron chi connectivity index (χ1n) is 7.47. The van der Waals surface area contributed by atoms with E-state index in [0.29, 0.717) is 18.4 Å². The van der Waals surface area contributed by atoms with Crippen molar-refractivity contribution >= 4 is 5.91 Å². The SMILES string of the molecule is O=C1CCC2CN(Cc3ccccc3C#CCO)CCN12. The minimum absolute atomic E-state index is 0.114. The van der Waals surface area contributed by atoms with Gasteiger partial charge in [-0.15, -0.1) is 0 Å². The molecule has 1 aromatic carbocycles. The van der Waals surface area contributed by atoms with Crippen LogP contribution in [0, 0.1) is 11.8 Å². The largest absolute Gasteiger partial charge is 0.384 e. The average Bonchev–Trinajstić information content (AvgIpc) is 2.87. The molecule has 1 aromatic rings. The van der Waals surface area contributed by atoms with Gasteiger partial charge in [0.05, 0.1) is 0 Å². The maximum absolute atomic E-state index is 11.7. The van der Waals surface area contributed by atoms with Crippen LogP contribution in [-0.4, -0.2) is 53.1 Å². The topological polar surface area (TPSA) is 43.8 Å². The molecule has 1 unspecified atom stereocenters. The number of nitrogens with zero attached hydrogens (tertiary/aromatic N) is 2. The lowest BCUT2D eigenvalue weighted by Crippen LogP contribution is -2.51. The molecule has 1 N–H and O–H groups in total. The maximum Gasteiger partial charge on any atom is 0.222 e. The van der Waals surface area contributed by atoms with Crippen LogP contribution in [0.1, 0.15) is 24.0 Å². The zero-order chi connectivity index (χ0) is 14.7. The van der Waals surface area contributed by atoms with E-state index < -0.39 is 0 Å². The summed E-state index contributed by atoms with van der Waals surface area (Å²) in [6, 6.07) is 8.47. The van der Waals surface area contributed by atoms with Gasteiger partial charge in [-0.3, -0.25) is 9.69 Å². The molecule has 0 bridgehead atoms. The van der Waals surface area contributed by atoms with E-state index in [1.54, 1.807) is 0 Å². The van der Waals surface area contributed by atoms with Crippen LogP contribution < -0.4 is 0 Å². The highest BCUT2D eigenvalue weighted by Gasteiger charge is 2.35. The Kier molecular flexibility index (Phi) is 4.23. The standard InChI is InChI=1S/C17H20N2O2/c20-11-3-6-14-4-1-2-5-15(14)12-18-9-10-19-16(13-18)7-8-17(19)21/h1-2,4-5,16,20H,7-13H2. The molecule has 0 radical (unpaired) electrons. The number of carbonyl (C=O) groups is 1. The molecule has 110 valence electrons. The fourth-order valence-electron chi connectivity index (χ4n) is 3.23. The van der Waals surface area contributed by atoms with E-state index in [2.05, 4.69) is 22.8 Å². The first-order valence-corrected chi connectivity index (χ1v) is 7.47. The number of rotatable bonds is 2. The Morgan fingerprint density at radius 3 is 3.00 bits per heavy atom. The fraction of sp³-hybridized carbons (Fsp3) is 0.471. The van der Waals surface area contributed by atoms with E-state index in [1.165, 1.54) is 5.56 Å². The number of fused-ring (bicyclic) bond motifs is 1. The molecule has 0 spiro atoms. The second-order valence-corrected chi connectivity index (χ2v) is 5.63. The molecular formula is C17H20N2O2. The maximum atomic E-state index is 11.7. The molecule has 2 aliphatic rings. The molecule has 0 aromatic heterocycles. The van der Waals surface area contributed by atoms with Gasteiger partial charge in [0.1, 0.15) is 6.61 Å². The Bertz CT molecular complexity index is 588. The van der Waals surface area contributed by atoms with Crippen LogP contribution in [-0.2, 0) is 11.3 Å². The van der Waals surface area contributed by atoms with E-state index in [4.69, 9.17) is 5.11 Å². The summed E-state index contributed by atoms with van der Waals surface area (Å²) in [6.45, 7) is 3.46. The van der Waals surface area contributed by atoms with Gasteiger partial charge in [0.2, 0.25) is 5.91 Å². The third-order valence-corrected chi connectivity index (χ3v) is 4.29. The molecule has 0 saturated carbocycles. The number of aliphatic hydroxyl groups excluding tert-OH is 1. The van der Waals surface area contributed by atoms with Crippen molar-refractivity contribution < 1.29 is 9.90 Å². The number of amides is 1. The van der Waals surface area contributed by atoms with E-state index in [9.17, 15) is 4.79 Å². The van der Waals surface area contributed by atoms with Gasteiger partial charge in [-0.25, -0.2) is 0 Å². The third-order valence-electron chi connectivity index (χ3n) is 4.29. The zero-order valence-corrected chi connectivity index (χ0v) is 12.1. The van der Waals surface area contributed by atoms with Gasteiger partial charge in [0.25, 0.3) is 0 Å². The van der Waals surface area contributed by atoms with Crippen LogP contribution in [0.4, 0.5) is 0 Å². The van der Waals surface area contributed by atoms with Crippen molar-refractivity contribution in [3.63, 3.8) is 0 Å². The van der Waals surface area contributed by atoms with Crippen molar-refractivity contribution in [2.75, 3.05) is 26.2 Å². The monoisotopic (exact) mass is 284 g/mol. The van der Waals surface area contributed by atoms with Gasteiger partial charge in [-0.05, 0) is 18.1 Å². The van der Waals surface area contributed by atoms with Gasteiger partial charge >= 0.3 is 0 Å². The Morgan fingerprint density at radius 2 is 2.14 bits per heavy atom. The molecule has 1 atom stereocenters. The van der Waals surface area contributed by atoms with Crippen LogP contribution >= 0.6 is 0 Å². The number of carbonyl (C=O) groups excluding carboxylic acids is 1. The predicted octanol–water partition coefficient (Wildman–Crippen LogP) is 0.837. The van der Waals surface area contributed by atoms with Crippen molar-refractivity contribution in [3.8, 4) is 11.8 Å². The van der Waals surface area contributed by atoms with Crippen LogP contribution in [0.3, 0.4) is 0 Å². The van der Waals surface area contributed by atoms with E-state index >= 15 is 0 Å². The van der Waals surface area contributed by atoms with Crippen LogP contribution in [0.5, 0.6) is 0 Å². The van der Waals surface area contributed by atoms with E-state index in [0.717, 1.165) is 38.2 Å². The highest BCUT2D eigenvalue weighted by molar-refractivity contribution is 5.78. The number of hydrogen-bond donors (Lipinski definition) is 1. The molecule has 0 aliphatic carbocycles. The van der Waals surface area contributed by atoms with E-state index in [1.807, 2.05) is 23.1 Å². The molecule has 2 fully saturated rings. The smallest absolute Gasteiger partial charge is 0.222 e. The van der Waals surface area contributed by atoms with Crippen LogP contribution in [0.2, 0.25) is 0 Å². The summed E-state index contributed by atoms with van der Waals surface area (Å²) >= 11 is 0. The number of benzene rings is 1. The van der Waals surface area contributed by atoms with Gasteiger partial charge < -0.3 is 10.0 Å². The van der Waals surface area contributed by atoms with E-state index in [-0.39, 0.29) is 6.61 Å². The Morgan fingerprint density at radius 1 is 1.29 bits per heavy atom. The van der Waals surface area contributed by atoms with Crippen molar-refractivity contribution in [3.05, 3.63) is 35.4 Å². The summed E-state index contributed by atoms with van der Waals surface area (Å²) in [5.74, 6) is 6.05. The summed E-state index contributed by atoms with van der Waals surface area (Å²) in [5.41, 5.74) is 2.17. The molecule has 2 saturated heterocycles. The lowest BCUT2D eigenvalue weighted by Gasteiger charge is -2.37. The minimum Gasteiger partial charge on any atom is -0.384 e. The Hall–Kier alpha value is -1.83. The first kappa shape index (κ1) is 14.1. The molecule has 2 aliphatic heterocycles. The molecular weight excluding hydrogens is 264 g/mol. The molecule has 21 heavy (non-hydrogen) atoms. The highest BCUT2D eigenvalue weighted by atomic mass is 16.2.